The van der Waals surface area contributed by atoms with Crippen LogP contribution in [0.4, 0.5) is 4.39 Å². The average molecular weight is 347 g/mol. The molecule has 1 aromatic carbocycles. The molecule has 0 aliphatic heterocycles. The van der Waals surface area contributed by atoms with E-state index in [4.69, 9.17) is 4.74 Å². The number of aromatic nitrogens is 1. The van der Waals surface area contributed by atoms with Gasteiger partial charge in [0.25, 0.3) is 0 Å². The van der Waals surface area contributed by atoms with Crippen molar-refractivity contribution in [1.82, 2.24) is 4.98 Å². The fraction of sp³-hybridized carbons (Fsp3) is 0. The van der Waals surface area contributed by atoms with E-state index in [0.717, 1.165) is 4.47 Å². The van der Waals surface area contributed by atoms with Crippen molar-refractivity contribution < 1.29 is 9.13 Å². The standard InChI is InChI=1S/C11H6Br2FNO/c12-7-4-8(14)6-9(5-7)16-11-10(13)2-1-3-15-11/h1-6H. The third-order valence-corrected chi connectivity index (χ3v) is 2.84. The van der Waals surface area contributed by atoms with Gasteiger partial charge in [-0.05, 0) is 40.2 Å². The molecule has 2 nitrogen and oxygen atoms in total. The molecule has 82 valence electrons. The quantitative estimate of drug-likeness (QED) is 0.796. The molecular weight excluding hydrogens is 341 g/mol. The summed E-state index contributed by atoms with van der Waals surface area (Å²) in [5, 5.41) is 0. The zero-order valence-corrected chi connectivity index (χ0v) is 11.1. The van der Waals surface area contributed by atoms with Gasteiger partial charge in [0.05, 0.1) is 4.47 Å². The van der Waals surface area contributed by atoms with Crippen molar-refractivity contribution in [2.45, 2.75) is 0 Å². The van der Waals surface area contributed by atoms with Crippen LogP contribution in [0.2, 0.25) is 0 Å². The Balaban J connectivity index is 2.30. The number of hydrogen-bond donors (Lipinski definition) is 0. The van der Waals surface area contributed by atoms with Crippen molar-refractivity contribution in [3.63, 3.8) is 0 Å². The summed E-state index contributed by atoms with van der Waals surface area (Å²) in [5.41, 5.74) is 0. The van der Waals surface area contributed by atoms with Gasteiger partial charge in [-0.2, -0.15) is 0 Å². The van der Waals surface area contributed by atoms with Crippen LogP contribution in [0.3, 0.4) is 0 Å². The minimum absolute atomic E-state index is 0.364. The molecule has 1 aromatic heterocycles. The van der Waals surface area contributed by atoms with Crippen LogP contribution < -0.4 is 4.74 Å². The number of hydrogen-bond acceptors (Lipinski definition) is 2. The molecule has 0 radical (unpaired) electrons. The van der Waals surface area contributed by atoms with E-state index in [-0.39, 0.29) is 5.82 Å². The van der Waals surface area contributed by atoms with E-state index in [1.165, 1.54) is 12.1 Å². The Kier molecular flexibility index (Phi) is 3.56. The Morgan fingerprint density at radius 2 is 2.00 bits per heavy atom. The molecule has 16 heavy (non-hydrogen) atoms. The second kappa shape index (κ2) is 4.93. The number of benzene rings is 1. The Bertz CT molecular complexity index is 499. The van der Waals surface area contributed by atoms with Gasteiger partial charge in [-0.3, -0.25) is 0 Å². The lowest BCUT2D eigenvalue weighted by atomic mass is 10.3. The number of pyridine rings is 1. The topological polar surface area (TPSA) is 22.1 Å². The maximum Gasteiger partial charge on any atom is 0.233 e. The fourth-order valence-electron chi connectivity index (χ4n) is 1.15. The van der Waals surface area contributed by atoms with Gasteiger partial charge in [-0.15, -0.1) is 0 Å². The van der Waals surface area contributed by atoms with E-state index in [1.54, 1.807) is 24.4 Å². The Labute approximate surface area is 109 Å². The molecule has 0 atom stereocenters. The first-order valence-electron chi connectivity index (χ1n) is 4.39. The third-order valence-electron chi connectivity index (χ3n) is 1.78. The summed E-state index contributed by atoms with van der Waals surface area (Å²) >= 11 is 6.49. The van der Waals surface area contributed by atoms with Crippen molar-refractivity contribution >= 4 is 31.9 Å². The third kappa shape index (κ3) is 2.80. The molecule has 0 aliphatic rings. The van der Waals surface area contributed by atoms with Crippen LogP contribution in [0.25, 0.3) is 0 Å². The van der Waals surface area contributed by atoms with Gasteiger partial charge >= 0.3 is 0 Å². The highest BCUT2D eigenvalue weighted by Crippen LogP contribution is 2.29. The highest BCUT2D eigenvalue weighted by atomic mass is 79.9. The maximum atomic E-state index is 13.1. The lowest BCUT2D eigenvalue weighted by Gasteiger charge is -2.06. The Hall–Kier alpha value is -0.940. The molecule has 0 fully saturated rings. The second-order valence-electron chi connectivity index (χ2n) is 3.00. The fourth-order valence-corrected chi connectivity index (χ4v) is 1.93. The van der Waals surface area contributed by atoms with Crippen LogP contribution >= 0.6 is 31.9 Å². The smallest absolute Gasteiger partial charge is 0.233 e. The van der Waals surface area contributed by atoms with Crippen molar-refractivity contribution in [2.75, 3.05) is 0 Å². The summed E-state index contributed by atoms with van der Waals surface area (Å²) in [7, 11) is 0. The SMILES string of the molecule is Fc1cc(Br)cc(Oc2ncccc2Br)c1. The van der Waals surface area contributed by atoms with Gasteiger partial charge in [0, 0.05) is 16.7 Å². The van der Waals surface area contributed by atoms with Crippen LogP contribution in [0.15, 0.2) is 45.5 Å². The van der Waals surface area contributed by atoms with Crippen LogP contribution in [0, 0.1) is 5.82 Å². The monoisotopic (exact) mass is 345 g/mol. The first-order chi connectivity index (χ1) is 7.65. The number of nitrogens with zero attached hydrogens (tertiary/aromatic N) is 1. The summed E-state index contributed by atoms with van der Waals surface area (Å²) in [6, 6.07) is 7.91. The van der Waals surface area contributed by atoms with Crippen molar-refractivity contribution in [3.05, 3.63) is 51.3 Å². The normalized spacial score (nSPS) is 10.2. The Morgan fingerprint density at radius 1 is 1.19 bits per heavy atom. The van der Waals surface area contributed by atoms with Gasteiger partial charge in [0.15, 0.2) is 0 Å². The molecule has 5 heteroatoms. The van der Waals surface area contributed by atoms with Crippen molar-refractivity contribution in [2.24, 2.45) is 0 Å². The van der Waals surface area contributed by atoms with E-state index >= 15 is 0 Å². The predicted molar refractivity (Wildman–Crippen MR) is 66.1 cm³/mol. The molecular formula is C11H6Br2FNO. The summed E-state index contributed by atoms with van der Waals surface area (Å²) in [6.07, 6.45) is 1.61. The van der Waals surface area contributed by atoms with Gasteiger partial charge in [0.2, 0.25) is 5.88 Å². The molecule has 2 rings (SSSR count). The van der Waals surface area contributed by atoms with E-state index in [0.29, 0.717) is 16.1 Å². The zero-order chi connectivity index (χ0) is 11.5. The largest absolute Gasteiger partial charge is 0.438 e. The van der Waals surface area contributed by atoms with Crippen LogP contribution in [-0.2, 0) is 0 Å². The van der Waals surface area contributed by atoms with Gasteiger partial charge in [-0.25, -0.2) is 9.37 Å². The summed E-state index contributed by atoms with van der Waals surface area (Å²) in [5.74, 6) is 0.433. The molecule has 0 amide bonds. The molecule has 0 aliphatic carbocycles. The van der Waals surface area contributed by atoms with Gasteiger partial charge in [-0.1, -0.05) is 15.9 Å². The molecule has 0 N–H and O–H groups in total. The Morgan fingerprint density at radius 3 is 2.69 bits per heavy atom. The summed E-state index contributed by atoms with van der Waals surface area (Å²) in [4.78, 5) is 4.03. The predicted octanol–water partition coefficient (Wildman–Crippen LogP) is 4.54. The molecule has 0 unspecified atom stereocenters. The minimum Gasteiger partial charge on any atom is -0.438 e. The first-order valence-corrected chi connectivity index (χ1v) is 5.98. The highest BCUT2D eigenvalue weighted by molar-refractivity contribution is 9.10. The molecule has 0 saturated heterocycles. The average Bonchev–Trinajstić information content (AvgIpc) is 2.20. The van der Waals surface area contributed by atoms with Crippen molar-refractivity contribution in [3.8, 4) is 11.6 Å². The molecule has 0 spiro atoms. The lowest BCUT2D eigenvalue weighted by molar-refractivity contribution is 0.454. The van der Waals surface area contributed by atoms with E-state index < -0.39 is 0 Å². The zero-order valence-electron chi connectivity index (χ0n) is 7.95. The van der Waals surface area contributed by atoms with E-state index in [2.05, 4.69) is 36.8 Å². The highest BCUT2D eigenvalue weighted by Gasteiger charge is 2.05. The number of rotatable bonds is 2. The lowest BCUT2D eigenvalue weighted by Crippen LogP contribution is -1.89. The molecule has 1 heterocycles. The second-order valence-corrected chi connectivity index (χ2v) is 4.77. The van der Waals surface area contributed by atoms with E-state index in [1.807, 2.05) is 0 Å². The number of ether oxygens (including phenoxy) is 1. The molecule has 0 saturated carbocycles. The van der Waals surface area contributed by atoms with Crippen molar-refractivity contribution in [1.29, 1.82) is 0 Å². The minimum atomic E-state index is -0.364. The summed E-state index contributed by atoms with van der Waals surface area (Å²) in [6.45, 7) is 0. The summed E-state index contributed by atoms with van der Waals surface area (Å²) < 4.78 is 19.9. The molecule has 2 aromatic rings. The number of halogens is 3. The van der Waals surface area contributed by atoms with Crippen LogP contribution in [0.5, 0.6) is 11.6 Å². The molecule has 0 bridgehead atoms. The maximum absolute atomic E-state index is 13.1. The van der Waals surface area contributed by atoms with Crippen LogP contribution in [0.1, 0.15) is 0 Å². The van der Waals surface area contributed by atoms with Crippen LogP contribution in [-0.4, -0.2) is 4.98 Å². The first kappa shape index (κ1) is 11.5. The van der Waals surface area contributed by atoms with Gasteiger partial charge < -0.3 is 4.74 Å². The van der Waals surface area contributed by atoms with E-state index in [9.17, 15) is 4.39 Å². The van der Waals surface area contributed by atoms with Gasteiger partial charge in [0.1, 0.15) is 11.6 Å².